The Labute approximate surface area is 134 Å². The molecular formula is C18H17N3O2. The second-order valence-corrected chi connectivity index (χ2v) is 5.27. The Morgan fingerprint density at radius 1 is 1.13 bits per heavy atom. The number of aromatic nitrogens is 2. The molecule has 1 heterocycles. The minimum Gasteiger partial charge on any atom is -0.427 e. The first-order valence-corrected chi connectivity index (χ1v) is 7.38. The van der Waals surface area contributed by atoms with Crippen LogP contribution in [0.2, 0.25) is 0 Å². The lowest BCUT2D eigenvalue weighted by atomic mass is 10.1. The first-order chi connectivity index (χ1) is 11.1. The number of ether oxygens (including phenoxy) is 1. The summed E-state index contributed by atoms with van der Waals surface area (Å²) in [4.78, 5) is 19.7. The summed E-state index contributed by atoms with van der Waals surface area (Å²) >= 11 is 0. The molecule has 0 spiro atoms. The molecule has 1 atom stereocenters. The first-order valence-electron chi connectivity index (χ1n) is 7.38. The van der Waals surface area contributed by atoms with Gasteiger partial charge < -0.3 is 10.1 Å². The number of anilines is 1. The van der Waals surface area contributed by atoms with Crippen LogP contribution in [-0.2, 0) is 4.79 Å². The van der Waals surface area contributed by atoms with Gasteiger partial charge in [0.25, 0.3) is 0 Å². The van der Waals surface area contributed by atoms with Crippen molar-refractivity contribution in [3.63, 3.8) is 0 Å². The van der Waals surface area contributed by atoms with E-state index in [1.54, 1.807) is 12.1 Å². The van der Waals surface area contributed by atoms with Crippen LogP contribution in [0.25, 0.3) is 10.9 Å². The number of hydrogen-bond acceptors (Lipinski definition) is 5. The topological polar surface area (TPSA) is 64.1 Å². The zero-order valence-corrected chi connectivity index (χ0v) is 13.0. The average molecular weight is 307 g/mol. The molecule has 5 nitrogen and oxygen atoms in total. The van der Waals surface area contributed by atoms with Crippen LogP contribution in [0, 0.1) is 0 Å². The molecule has 3 rings (SSSR count). The Morgan fingerprint density at radius 2 is 1.91 bits per heavy atom. The number of carbonyl (C=O) groups excluding carboxylic acids is 1. The maximum Gasteiger partial charge on any atom is 0.308 e. The molecule has 0 saturated heterocycles. The van der Waals surface area contributed by atoms with Crippen molar-refractivity contribution >= 4 is 22.7 Å². The van der Waals surface area contributed by atoms with Gasteiger partial charge in [0.15, 0.2) is 0 Å². The Kier molecular flexibility index (Phi) is 4.19. The lowest BCUT2D eigenvalue weighted by Gasteiger charge is -2.16. The molecule has 0 aliphatic rings. The highest BCUT2D eigenvalue weighted by molar-refractivity contribution is 5.90. The monoisotopic (exact) mass is 307 g/mol. The van der Waals surface area contributed by atoms with Gasteiger partial charge in [-0.1, -0.05) is 30.3 Å². The maximum absolute atomic E-state index is 11.1. The van der Waals surface area contributed by atoms with Gasteiger partial charge in [-0.25, -0.2) is 9.97 Å². The van der Waals surface area contributed by atoms with Gasteiger partial charge in [0, 0.05) is 18.4 Å². The van der Waals surface area contributed by atoms with Gasteiger partial charge in [-0.05, 0) is 30.7 Å². The normalized spacial score (nSPS) is 11.9. The highest BCUT2D eigenvalue weighted by Crippen LogP contribution is 2.27. The zero-order chi connectivity index (χ0) is 16.2. The highest BCUT2D eigenvalue weighted by atomic mass is 16.5. The van der Waals surface area contributed by atoms with Crippen LogP contribution >= 0.6 is 0 Å². The van der Waals surface area contributed by atoms with Crippen molar-refractivity contribution in [1.82, 2.24) is 9.97 Å². The van der Waals surface area contributed by atoms with E-state index >= 15 is 0 Å². The van der Waals surface area contributed by atoms with Gasteiger partial charge in [-0.15, -0.1) is 0 Å². The van der Waals surface area contributed by atoms with E-state index in [2.05, 4.69) is 34.3 Å². The van der Waals surface area contributed by atoms with E-state index in [1.807, 2.05) is 24.3 Å². The predicted molar refractivity (Wildman–Crippen MR) is 89.3 cm³/mol. The first kappa shape index (κ1) is 15.0. The van der Waals surface area contributed by atoms with Gasteiger partial charge in [-0.3, -0.25) is 4.79 Å². The largest absolute Gasteiger partial charge is 0.427 e. The van der Waals surface area contributed by atoms with Crippen molar-refractivity contribution in [3.8, 4) is 5.75 Å². The summed E-state index contributed by atoms with van der Waals surface area (Å²) < 4.78 is 5.14. The van der Waals surface area contributed by atoms with Gasteiger partial charge in [0.1, 0.15) is 17.9 Å². The van der Waals surface area contributed by atoms with Crippen LogP contribution in [0.15, 0.2) is 54.9 Å². The van der Waals surface area contributed by atoms with Crippen LogP contribution in [0.3, 0.4) is 0 Å². The number of nitrogens with one attached hydrogen (secondary N) is 1. The number of carbonyl (C=O) groups is 1. The van der Waals surface area contributed by atoms with Crippen molar-refractivity contribution in [2.24, 2.45) is 0 Å². The Hall–Kier alpha value is -2.95. The summed E-state index contributed by atoms with van der Waals surface area (Å²) in [5, 5.41) is 4.20. The highest BCUT2D eigenvalue weighted by Gasteiger charge is 2.10. The molecule has 0 bridgehead atoms. The number of hydrogen-bond donors (Lipinski definition) is 1. The number of esters is 1. The molecule has 23 heavy (non-hydrogen) atoms. The molecule has 1 unspecified atom stereocenters. The van der Waals surface area contributed by atoms with Crippen molar-refractivity contribution in [1.29, 1.82) is 0 Å². The molecule has 0 amide bonds. The van der Waals surface area contributed by atoms with Gasteiger partial charge in [-0.2, -0.15) is 0 Å². The van der Waals surface area contributed by atoms with Crippen LogP contribution in [0.5, 0.6) is 5.75 Å². The Morgan fingerprint density at radius 3 is 2.65 bits per heavy atom. The lowest BCUT2D eigenvalue weighted by Crippen LogP contribution is -2.08. The molecule has 0 fully saturated rings. The third-order valence-electron chi connectivity index (χ3n) is 3.52. The van der Waals surface area contributed by atoms with Crippen molar-refractivity contribution < 1.29 is 9.53 Å². The van der Waals surface area contributed by atoms with Gasteiger partial charge in [0.2, 0.25) is 0 Å². The van der Waals surface area contributed by atoms with Gasteiger partial charge >= 0.3 is 5.97 Å². The fourth-order valence-corrected chi connectivity index (χ4v) is 2.41. The van der Waals surface area contributed by atoms with E-state index in [-0.39, 0.29) is 12.0 Å². The summed E-state index contributed by atoms with van der Waals surface area (Å²) in [5.41, 5.74) is 1.95. The van der Waals surface area contributed by atoms with E-state index in [0.29, 0.717) is 11.6 Å². The summed E-state index contributed by atoms with van der Waals surface area (Å²) in [6, 6.07) is 15.5. The molecule has 0 saturated carbocycles. The third kappa shape index (κ3) is 3.45. The minimum atomic E-state index is -0.353. The fraction of sp³-hybridized carbons (Fsp3) is 0.167. The standard InChI is InChI=1S/C18H17N3O2/c1-12(14-6-4-3-5-7-14)21-18-16-10-15(23-13(2)22)8-9-17(16)19-11-20-18/h3-12H,1-2H3,(H,19,20,21). The second kappa shape index (κ2) is 6.44. The van der Waals surface area contributed by atoms with E-state index in [1.165, 1.54) is 13.3 Å². The van der Waals surface area contributed by atoms with Gasteiger partial charge in [0.05, 0.1) is 5.52 Å². The average Bonchev–Trinajstić information content (AvgIpc) is 2.55. The van der Waals surface area contributed by atoms with Crippen molar-refractivity contribution in [3.05, 3.63) is 60.4 Å². The molecule has 3 aromatic rings. The van der Waals surface area contributed by atoms with E-state index in [4.69, 9.17) is 4.74 Å². The molecule has 1 aromatic heterocycles. The summed E-state index contributed by atoms with van der Waals surface area (Å²) in [6.45, 7) is 3.45. The van der Waals surface area contributed by atoms with E-state index in [0.717, 1.165) is 16.5 Å². The Bertz CT molecular complexity index is 834. The second-order valence-electron chi connectivity index (χ2n) is 5.27. The number of nitrogens with zero attached hydrogens (tertiary/aromatic N) is 2. The number of benzene rings is 2. The SMILES string of the molecule is CC(=O)Oc1ccc2ncnc(NC(C)c3ccccc3)c2c1. The van der Waals surface area contributed by atoms with E-state index in [9.17, 15) is 4.79 Å². The smallest absolute Gasteiger partial charge is 0.308 e. The number of fused-ring (bicyclic) bond motifs is 1. The van der Waals surface area contributed by atoms with Crippen LogP contribution in [0.1, 0.15) is 25.5 Å². The summed E-state index contributed by atoms with van der Waals surface area (Å²) in [7, 11) is 0. The molecular weight excluding hydrogens is 290 g/mol. The summed E-state index contributed by atoms with van der Waals surface area (Å²) in [6.07, 6.45) is 1.52. The maximum atomic E-state index is 11.1. The molecule has 5 heteroatoms. The van der Waals surface area contributed by atoms with Crippen molar-refractivity contribution in [2.45, 2.75) is 19.9 Å². The molecule has 0 radical (unpaired) electrons. The third-order valence-corrected chi connectivity index (χ3v) is 3.52. The predicted octanol–water partition coefficient (Wildman–Crippen LogP) is 3.73. The molecule has 0 aliphatic carbocycles. The zero-order valence-electron chi connectivity index (χ0n) is 13.0. The summed E-state index contributed by atoms with van der Waals surface area (Å²) in [5.74, 6) is 0.837. The van der Waals surface area contributed by atoms with Crippen LogP contribution in [0.4, 0.5) is 5.82 Å². The molecule has 0 aliphatic heterocycles. The van der Waals surface area contributed by atoms with Crippen LogP contribution in [-0.4, -0.2) is 15.9 Å². The molecule has 2 aromatic carbocycles. The quantitative estimate of drug-likeness (QED) is 0.588. The fourth-order valence-electron chi connectivity index (χ4n) is 2.41. The molecule has 1 N–H and O–H groups in total. The van der Waals surface area contributed by atoms with Crippen molar-refractivity contribution in [2.75, 3.05) is 5.32 Å². The minimum absolute atomic E-state index is 0.0895. The van der Waals surface area contributed by atoms with Crippen LogP contribution < -0.4 is 10.1 Å². The molecule has 116 valence electrons. The van der Waals surface area contributed by atoms with E-state index < -0.39 is 0 Å². The number of rotatable bonds is 4. The Balaban J connectivity index is 1.95. The lowest BCUT2D eigenvalue weighted by molar-refractivity contribution is -0.131.